The molecule has 0 unspecified atom stereocenters. The number of aromatic nitrogens is 2. The summed E-state index contributed by atoms with van der Waals surface area (Å²) in [4.78, 5) is 40.0. The van der Waals surface area contributed by atoms with Crippen LogP contribution >= 0.6 is 11.8 Å². The van der Waals surface area contributed by atoms with Gasteiger partial charge in [0.25, 0.3) is 5.56 Å². The average Bonchev–Trinajstić information content (AvgIpc) is 2.81. The maximum atomic E-state index is 13.2. The third-order valence-corrected chi connectivity index (χ3v) is 5.77. The predicted molar refractivity (Wildman–Crippen MR) is 125 cm³/mol. The van der Waals surface area contributed by atoms with Gasteiger partial charge in [-0.1, -0.05) is 30.3 Å². The smallest absolute Gasteiger partial charge is 0.324 e. The summed E-state index contributed by atoms with van der Waals surface area (Å²) >= 11 is 1.56. The molecule has 0 bridgehead atoms. The van der Waals surface area contributed by atoms with E-state index in [0.717, 1.165) is 9.46 Å². The van der Waals surface area contributed by atoms with Crippen molar-refractivity contribution in [1.82, 2.24) is 9.13 Å². The highest BCUT2D eigenvalue weighted by atomic mass is 32.2. The van der Waals surface area contributed by atoms with Crippen molar-refractivity contribution in [2.45, 2.75) is 18.0 Å². The number of carbonyl (C=O) groups is 1. The van der Waals surface area contributed by atoms with Crippen LogP contribution < -0.4 is 16.6 Å². The van der Waals surface area contributed by atoms with Gasteiger partial charge in [-0.25, -0.2) is 9.18 Å². The molecule has 0 saturated heterocycles. The van der Waals surface area contributed by atoms with Crippen molar-refractivity contribution in [2.75, 3.05) is 11.6 Å². The van der Waals surface area contributed by atoms with Crippen molar-refractivity contribution in [3.63, 3.8) is 0 Å². The number of halogens is 1. The standard InChI is InChI=1S/C24H20FN3O3S/c1-32-19-6-4-5-18(13-19)26-22(29)15-27-21-8-3-2-7-20(21)23(30)28(24(27)31)14-16-9-11-17(25)12-10-16/h2-13H,14-15H2,1H3,(H,26,29). The second-order valence-corrected chi connectivity index (χ2v) is 8.06. The Hall–Kier alpha value is -3.65. The summed E-state index contributed by atoms with van der Waals surface area (Å²) in [6.07, 6.45) is 1.94. The molecule has 1 heterocycles. The Bertz CT molecular complexity index is 1410. The Morgan fingerprint density at radius 1 is 0.969 bits per heavy atom. The van der Waals surface area contributed by atoms with E-state index in [1.165, 1.54) is 28.8 Å². The number of benzene rings is 3. The van der Waals surface area contributed by atoms with E-state index in [4.69, 9.17) is 0 Å². The highest BCUT2D eigenvalue weighted by Gasteiger charge is 2.16. The lowest BCUT2D eigenvalue weighted by Crippen LogP contribution is -2.42. The van der Waals surface area contributed by atoms with Crippen molar-refractivity contribution >= 4 is 34.3 Å². The minimum atomic E-state index is -0.606. The van der Waals surface area contributed by atoms with Crippen LogP contribution in [0.25, 0.3) is 10.9 Å². The Morgan fingerprint density at radius 3 is 2.47 bits per heavy atom. The van der Waals surface area contributed by atoms with Gasteiger partial charge in [0.15, 0.2) is 0 Å². The summed E-state index contributed by atoms with van der Waals surface area (Å²) in [5.74, 6) is -0.790. The number of amides is 1. The van der Waals surface area contributed by atoms with Crippen molar-refractivity contribution in [2.24, 2.45) is 0 Å². The highest BCUT2D eigenvalue weighted by molar-refractivity contribution is 7.98. The lowest BCUT2D eigenvalue weighted by Gasteiger charge is -2.14. The molecular weight excluding hydrogens is 429 g/mol. The third kappa shape index (κ3) is 4.50. The second kappa shape index (κ2) is 9.23. The molecule has 0 atom stereocenters. The van der Waals surface area contributed by atoms with E-state index >= 15 is 0 Å². The summed E-state index contributed by atoms with van der Waals surface area (Å²) < 4.78 is 15.6. The SMILES string of the molecule is CSc1cccc(NC(=O)Cn2c(=O)n(Cc3ccc(F)cc3)c(=O)c3ccccc32)c1. The minimum absolute atomic E-state index is 0.0276. The zero-order valence-corrected chi connectivity index (χ0v) is 18.1. The first-order chi connectivity index (χ1) is 15.5. The number of rotatable bonds is 6. The molecule has 1 aromatic heterocycles. The first-order valence-corrected chi connectivity index (χ1v) is 11.1. The molecule has 162 valence electrons. The molecule has 8 heteroatoms. The van der Waals surface area contributed by atoms with Gasteiger partial charge in [-0.05, 0) is 54.3 Å². The lowest BCUT2D eigenvalue weighted by molar-refractivity contribution is -0.116. The molecule has 0 aliphatic rings. The zero-order chi connectivity index (χ0) is 22.7. The average molecular weight is 450 g/mol. The van der Waals surface area contributed by atoms with Gasteiger partial charge < -0.3 is 5.32 Å². The van der Waals surface area contributed by atoms with Crippen molar-refractivity contribution in [3.05, 3.63) is 105 Å². The van der Waals surface area contributed by atoms with Gasteiger partial charge in [0.2, 0.25) is 5.91 Å². The summed E-state index contributed by atoms with van der Waals surface area (Å²) in [6.45, 7) is -0.285. The first-order valence-electron chi connectivity index (χ1n) is 9.87. The Morgan fingerprint density at radius 2 is 1.72 bits per heavy atom. The first kappa shape index (κ1) is 21.6. The number of fused-ring (bicyclic) bond motifs is 1. The lowest BCUT2D eigenvalue weighted by atomic mass is 10.2. The Kier molecular flexibility index (Phi) is 6.23. The molecule has 0 saturated carbocycles. The van der Waals surface area contributed by atoms with E-state index in [1.807, 2.05) is 24.5 Å². The summed E-state index contributed by atoms with van der Waals surface area (Å²) in [6, 6.07) is 19.7. The monoisotopic (exact) mass is 449 g/mol. The molecule has 0 spiro atoms. The van der Waals surface area contributed by atoms with E-state index in [1.54, 1.807) is 42.1 Å². The second-order valence-electron chi connectivity index (χ2n) is 7.18. The molecule has 6 nitrogen and oxygen atoms in total. The van der Waals surface area contributed by atoms with Crippen LogP contribution in [0.2, 0.25) is 0 Å². The van der Waals surface area contributed by atoms with Gasteiger partial charge in [-0.2, -0.15) is 0 Å². The molecule has 0 aliphatic heterocycles. The van der Waals surface area contributed by atoms with Gasteiger partial charge >= 0.3 is 5.69 Å². The van der Waals surface area contributed by atoms with Gasteiger partial charge in [-0.3, -0.25) is 18.7 Å². The molecule has 3 aromatic carbocycles. The molecular formula is C24H20FN3O3S. The van der Waals surface area contributed by atoms with E-state index in [-0.39, 0.29) is 19.0 Å². The number of nitrogens with zero attached hydrogens (tertiary/aromatic N) is 2. The highest BCUT2D eigenvalue weighted by Crippen LogP contribution is 2.19. The summed E-state index contributed by atoms with van der Waals surface area (Å²) in [5, 5.41) is 3.13. The van der Waals surface area contributed by atoms with E-state index in [2.05, 4.69) is 5.32 Å². The van der Waals surface area contributed by atoms with Crippen molar-refractivity contribution in [3.8, 4) is 0 Å². The molecule has 1 amide bonds. The normalized spacial score (nSPS) is 10.9. The van der Waals surface area contributed by atoms with Crippen LogP contribution in [-0.2, 0) is 17.9 Å². The molecule has 0 aliphatic carbocycles. The van der Waals surface area contributed by atoms with Crippen LogP contribution in [0.5, 0.6) is 0 Å². The van der Waals surface area contributed by atoms with Gasteiger partial charge in [0.05, 0.1) is 17.4 Å². The number of para-hydroxylation sites is 1. The zero-order valence-electron chi connectivity index (χ0n) is 17.2. The van der Waals surface area contributed by atoms with Crippen molar-refractivity contribution in [1.29, 1.82) is 0 Å². The van der Waals surface area contributed by atoms with Crippen LogP contribution in [0, 0.1) is 5.82 Å². The minimum Gasteiger partial charge on any atom is -0.324 e. The largest absolute Gasteiger partial charge is 0.332 e. The van der Waals surface area contributed by atoms with E-state index < -0.39 is 17.1 Å². The number of hydrogen-bond donors (Lipinski definition) is 1. The fourth-order valence-electron chi connectivity index (χ4n) is 3.48. The summed E-state index contributed by atoms with van der Waals surface area (Å²) in [7, 11) is 0. The number of anilines is 1. The Balaban J connectivity index is 1.73. The number of thioether (sulfide) groups is 1. The topological polar surface area (TPSA) is 73.1 Å². The quantitative estimate of drug-likeness (QED) is 0.456. The van der Waals surface area contributed by atoms with Gasteiger partial charge in [-0.15, -0.1) is 11.8 Å². The van der Waals surface area contributed by atoms with Crippen LogP contribution in [0.1, 0.15) is 5.56 Å². The third-order valence-electron chi connectivity index (χ3n) is 5.04. The predicted octanol–water partition coefficient (Wildman–Crippen LogP) is 3.71. The number of nitrogens with one attached hydrogen (secondary N) is 1. The van der Waals surface area contributed by atoms with Crippen LogP contribution in [0.3, 0.4) is 0 Å². The number of carbonyl (C=O) groups excluding carboxylic acids is 1. The summed E-state index contributed by atoms with van der Waals surface area (Å²) in [5.41, 5.74) is 0.542. The van der Waals surface area contributed by atoms with Crippen LogP contribution in [0.4, 0.5) is 10.1 Å². The van der Waals surface area contributed by atoms with Crippen molar-refractivity contribution < 1.29 is 9.18 Å². The molecule has 4 rings (SSSR count). The fourth-order valence-corrected chi connectivity index (χ4v) is 3.94. The maximum Gasteiger partial charge on any atom is 0.332 e. The molecule has 32 heavy (non-hydrogen) atoms. The van der Waals surface area contributed by atoms with Crippen LogP contribution in [0.15, 0.2) is 87.3 Å². The maximum absolute atomic E-state index is 13.2. The molecule has 1 N–H and O–H groups in total. The number of hydrogen-bond acceptors (Lipinski definition) is 4. The van der Waals surface area contributed by atoms with E-state index in [9.17, 15) is 18.8 Å². The molecule has 0 fully saturated rings. The molecule has 0 radical (unpaired) electrons. The van der Waals surface area contributed by atoms with Crippen LogP contribution in [-0.4, -0.2) is 21.3 Å². The Labute approximate surface area is 187 Å². The molecule has 4 aromatic rings. The van der Waals surface area contributed by atoms with Gasteiger partial charge in [0.1, 0.15) is 12.4 Å². The van der Waals surface area contributed by atoms with E-state index in [0.29, 0.717) is 22.2 Å². The van der Waals surface area contributed by atoms with Gasteiger partial charge in [0, 0.05) is 10.6 Å². The fraction of sp³-hybridized carbons (Fsp3) is 0.125.